The lowest BCUT2D eigenvalue weighted by Gasteiger charge is -2.19. The molecule has 0 amide bonds. The van der Waals surface area contributed by atoms with E-state index in [9.17, 15) is 0 Å². The van der Waals surface area contributed by atoms with Gasteiger partial charge in [-0.1, -0.05) is 0 Å². The van der Waals surface area contributed by atoms with Crippen LogP contribution in [0.5, 0.6) is 11.5 Å². The first-order valence-corrected chi connectivity index (χ1v) is 6.19. The Kier molecular flexibility index (Phi) is 2.87. The van der Waals surface area contributed by atoms with Gasteiger partial charge in [-0.15, -0.1) is 0 Å². The number of aryl methyl sites for hydroxylation is 2. The fourth-order valence-electron chi connectivity index (χ4n) is 2.14. The molecule has 0 atom stereocenters. The van der Waals surface area contributed by atoms with Crippen molar-refractivity contribution in [3.63, 3.8) is 0 Å². The number of hydrogen-bond donors (Lipinski definition) is 1. The van der Waals surface area contributed by atoms with Gasteiger partial charge in [-0.3, -0.25) is 4.68 Å². The van der Waals surface area contributed by atoms with Crippen molar-refractivity contribution in [1.29, 1.82) is 0 Å². The Morgan fingerprint density at radius 3 is 2.58 bits per heavy atom. The number of nitrogens with zero attached hydrogens (tertiary/aromatic N) is 3. The molecule has 0 bridgehead atoms. The summed E-state index contributed by atoms with van der Waals surface area (Å²) in [6, 6.07) is 3.89. The number of ether oxygens (including phenoxy) is 2. The summed E-state index contributed by atoms with van der Waals surface area (Å²) in [4.78, 5) is 4.44. The summed E-state index contributed by atoms with van der Waals surface area (Å²) in [7, 11) is 1.84. The van der Waals surface area contributed by atoms with E-state index in [0.29, 0.717) is 25.6 Å². The maximum Gasteiger partial charge on any atom is 0.181 e. The highest BCUT2D eigenvalue weighted by molar-refractivity contribution is 5.65. The van der Waals surface area contributed by atoms with Crippen LogP contribution in [0, 0.1) is 6.92 Å². The van der Waals surface area contributed by atoms with Crippen molar-refractivity contribution in [2.75, 3.05) is 13.2 Å². The predicted octanol–water partition coefficient (Wildman–Crippen LogP) is 1.02. The smallest absolute Gasteiger partial charge is 0.181 e. The third-order valence-corrected chi connectivity index (χ3v) is 3.17. The molecule has 1 aliphatic rings. The standard InChI is InChI=1S/C13H16N4O2/c1-8-5-10-11(19-4-3-18-10)6-9(8)13-15-12(7-14)17(2)16-13/h5-6H,3-4,7,14H2,1-2H3. The first-order valence-electron chi connectivity index (χ1n) is 6.19. The van der Waals surface area contributed by atoms with Gasteiger partial charge in [0.15, 0.2) is 17.3 Å². The second kappa shape index (κ2) is 4.55. The van der Waals surface area contributed by atoms with Crippen LogP contribution in [0.4, 0.5) is 0 Å². The molecule has 2 heterocycles. The van der Waals surface area contributed by atoms with Crippen LogP contribution in [0.15, 0.2) is 12.1 Å². The SMILES string of the molecule is Cc1cc2c(cc1-c1nc(CN)n(C)n1)OCCO2. The summed E-state index contributed by atoms with van der Waals surface area (Å²) in [5, 5.41) is 4.39. The molecule has 1 aromatic carbocycles. The Morgan fingerprint density at radius 1 is 1.26 bits per heavy atom. The van der Waals surface area contributed by atoms with Gasteiger partial charge in [0.2, 0.25) is 0 Å². The van der Waals surface area contributed by atoms with E-state index >= 15 is 0 Å². The van der Waals surface area contributed by atoms with Gasteiger partial charge in [-0.05, 0) is 24.6 Å². The van der Waals surface area contributed by atoms with Gasteiger partial charge in [-0.2, -0.15) is 5.10 Å². The summed E-state index contributed by atoms with van der Waals surface area (Å²) in [5.41, 5.74) is 7.62. The highest BCUT2D eigenvalue weighted by Crippen LogP contribution is 2.36. The van der Waals surface area contributed by atoms with Crippen molar-refractivity contribution in [2.24, 2.45) is 12.8 Å². The van der Waals surface area contributed by atoms with E-state index in [1.165, 1.54) is 0 Å². The van der Waals surface area contributed by atoms with E-state index in [1.807, 2.05) is 26.1 Å². The van der Waals surface area contributed by atoms with Gasteiger partial charge in [0.1, 0.15) is 19.0 Å². The molecule has 0 radical (unpaired) electrons. The van der Waals surface area contributed by atoms with Gasteiger partial charge >= 0.3 is 0 Å². The van der Waals surface area contributed by atoms with Crippen LogP contribution >= 0.6 is 0 Å². The van der Waals surface area contributed by atoms with E-state index in [-0.39, 0.29) is 0 Å². The minimum Gasteiger partial charge on any atom is -0.486 e. The Balaban J connectivity index is 2.08. The van der Waals surface area contributed by atoms with Crippen molar-refractivity contribution < 1.29 is 9.47 Å². The van der Waals surface area contributed by atoms with Crippen LogP contribution in [-0.2, 0) is 13.6 Å². The molecule has 0 fully saturated rings. The molecule has 0 saturated carbocycles. The van der Waals surface area contributed by atoms with Crippen molar-refractivity contribution in [3.05, 3.63) is 23.5 Å². The Hall–Kier alpha value is -2.08. The number of aromatic nitrogens is 3. The molecule has 2 N–H and O–H groups in total. The predicted molar refractivity (Wildman–Crippen MR) is 70.1 cm³/mol. The number of hydrogen-bond acceptors (Lipinski definition) is 5. The zero-order valence-electron chi connectivity index (χ0n) is 11.0. The molecule has 0 saturated heterocycles. The van der Waals surface area contributed by atoms with Crippen molar-refractivity contribution in [1.82, 2.24) is 14.8 Å². The zero-order valence-corrected chi connectivity index (χ0v) is 11.0. The second-order valence-electron chi connectivity index (χ2n) is 4.49. The molecule has 0 spiro atoms. The Morgan fingerprint density at radius 2 is 1.95 bits per heavy atom. The van der Waals surface area contributed by atoms with E-state index in [1.54, 1.807) is 4.68 Å². The number of rotatable bonds is 2. The molecular formula is C13H16N4O2. The third-order valence-electron chi connectivity index (χ3n) is 3.17. The summed E-state index contributed by atoms with van der Waals surface area (Å²) in [5.74, 6) is 2.94. The van der Waals surface area contributed by atoms with Crippen LogP contribution < -0.4 is 15.2 Å². The monoisotopic (exact) mass is 260 g/mol. The van der Waals surface area contributed by atoms with Crippen molar-refractivity contribution >= 4 is 0 Å². The fourth-order valence-corrected chi connectivity index (χ4v) is 2.14. The van der Waals surface area contributed by atoms with Gasteiger partial charge in [0.25, 0.3) is 0 Å². The van der Waals surface area contributed by atoms with E-state index < -0.39 is 0 Å². The largest absolute Gasteiger partial charge is 0.486 e. The van der Waals surface area contributed by atoms with Crippen LogP contribution in [-0.4, -0.2) is 28.0 Å². The highest BCUT2D eigenvalue weighted by atomic mass is 16.6. The maximum absolute atomic E-state index is 5.62. The summed E-state index contributed by atoms with van der Waals surface area (Å²) >= 11 is 0. The van der Waals surface area contributed by atoms with Crippen LogP contribution in [0.3, 0.4) is 0 Å². The molecule has 100 valence electrons. The van der Waals surface area contributed by atoms with Gasteiger partial charge < -0.3 is 15.2 Å². The van der Waals surface area contributed by atoms with Crippen LogP contribution in [0.25, 0.3) is 11.4 Å². The zero-order chi connectivity index (χ0) is 13.4. The normalized spacial score (nSPS) is 13.6. The van der Waals surface area contributed by atoms with Gasteiger partial charge in [-0.25, -0.2) is 4.98 Å². The maximum atomic E-state index is 5.62. The Bertz CT molecular complexity index is 621. The van der Waals surface area contributed by atoms with Crippen molar-refractivity contribution in [3.8, 4) is 22.9 Å². The molecule has 3 rings (SSSR count). The Labute approximate surface area is 111 Å². The molecular weight excluding hydrogens is 244 g/mol. The first kappa shape index (κ1) is 12.0. The molecule has 1 aliphatic heterocycles. The van der Waals surface area contributed by atoms with Crippen LogP contribution in [0.1, 0.15) is 11.4 Å². The van der Waals surface area contributed by atoms with Crippen molar-refractivity contribution in [2.45, 2.75) is 13.5 Å². The van der Waals surface area contributed by atoms with Crippen LogP contribution in [0.2, 0.25) is 0 Å². The second-order valence-corrected chi connectivity index (χ2v) is 4.49. The lowest BCUT2D eigenvalue weighted by Crippen LogP contribution is -2.15. The molecule has 2 aromatic rings. The molecule has 1 aromatic heterocycles. The van der Waals surface area contributed by atoms with E-state index in [4.69, 9.17) is 15.2 Å². The summed E-state index contributed by atoms with van der Waals surface area (Å²) in [6.07, 6.45) is 0. The average molecular weight is 260 g/mol. The highest BCUT2D eigenvalue weighted by Gasteiger charge is 2.17. The summed E-state index contributed by atoms with van der Waals surface area (Å²) < 4.78 is 12.8. The topological polar surface area (TPSA) is 75.2 Å². The minimum atomic E-state index is 0.368. The number of nitrogens with two attached hydrogens (primary N) is 1. The molecule has 6 nitrogen and oxygen atoms in total. The lowest BCUT2D eigenvalue weighted by atomic mass is 10.1. The average Bonchev–Trinajstić information content (AvgIpc) is 2.79. The van der Waals surface area contributed by atoms with Gasteiger partial charge in [0.05, 0.1) is 6.54 Å². The molecule has 0 aliphatic carbocycles. The quantitative estimate of drug-likeness (QED) is 0.872. The fraction of sp³-hybridized carbons (Fsp3) is 0.385. The van der Waals surface area contributed by atoms with E-state index in [0.717, 1.165) is 28.5 Å². The molecule has 19 heavy (non-hydrogen) atoms. The molecule has 0 unspecified atom stereocenters. The number of benzene rings is 1. The third kappa shape index (κ3) is 2.04. The minimum absolute atomic E-state index is 0.368. The van der Waals surface area contributed by atoms with Gasteiger partial charge in [0, 0.05) is 12.6 Å². The first-order chi connectivity index (χ1) is 9.19. The van der Waals surface area contributed by atoms with E-state index in [2.05, 4.69) is 10.1 Å². The summed E-state index contributed by atoms with van der Waals surface area (Å²) in [6.45, 7) is 3.53. The number of fused-ring (bicyclic) bond motifs is 1. The lowest BCUT2D eigenvalue weighted by molar-refractivity contribution is 0.171. The molecule has 6 heteroatoms.